The number of anilines is 1. The minimum Gasteiger partial charge on any atom is -0.342 e. The van der Waals surface area contributed by atoms with Crippen molar-refractivity contribution < 1.29 is 18.0 Å². The third kappa shape index (κ3) is 4.86. The van der Waals surface area contributed by atoms with Gasteiger partial charge in [0, 0.05) is 18.8 Å². The van der Waals surface area contributed by atoms with Gasteiger partial charge in [0.1, 0.15) is 11.5 Å². The molecule has 2 rings (SSSR count). The van der Waals surface area contributed by atoms with Crippen molar-refractivity contribution >= 4 is 27.3 Å². The van der Waals surface area contributed by atoms with Crippen LogP contribution in [0.2, 0.25) is 0 Å². The largest absolute Gasteiger partial charge is 0.342 e. The third-order valence-electron chi connectivity index (χ3n) is 3.21. The van der Waals surface area contributed by atoms with Crippen LogP contribution in [0.15, 0.2) is 30.3 Å². The summed E-state index contributed by atoms with van der Waals surface area (Å²) >= 11 is 0. The smallest absolute Gasteiger partial charge is 0.239 e. The van der Waals surface area contributed by atoms with Crippen molar-refractivity contribution in [3.8, 4) is 0 Å². The lowest BCUT2D eigenvalue weighted by atomic mass is 10.3. The molecule has 2 amide bonds. The summed E-state index contributed by atoms with van der Waals surface area (Å²) in [5, 5.41) is 2.50. The van der Waals surface area contributed by atoms with Gasteiger partial charge < -0.3 is 10.2 Å². The zero-order chi connectivity index (χ0) is 15.3. The SMILES string of the molecule is O=C(CS(=O)(=O)CC(=O)N1CCCC1)Nc1ccccc1. The number of hydrogen-bond donors (Lipinski definition) is 1. The molecule has 1 aromatic rings. The van der Waals surface area contributed by atoms with Crippen LogP contribution in [-0.2, 0) is 19.4 Å². The van der Waals surface area contributed by atoms with Crippen LogP contribution in [0.3, 0.4) is 0 Å². The Morgan fingerprint density at radius 2 is 1.67 bits per heavy atom. The molecule has 0 atom stereocenters. The van der Waals surface area contributed by atoms with Gasteiger partial charge in [-0.2, -0.15) is 0 Å². The fourth-order valence-corrected chi connectivity index (χ4v) is 3.35. The van der Waals surface area contributed by atoms with Gasteiger partial charge in [-0.3, -0.25) is 9.59 Å². The summed E-state index contributed by atoms with van der Waals surface area (Å²) < 4.78 is 23.8. The van der Waals surface area contributed by atoms with E-state index in [2.05, 4.69) is 5.32 Å². The Balaban J connectivity index is 1.88. The normalized spacial score (nSPS) is 15.0. The van der Waals surface area contributed by atoms with Crippen LogP contribution in [0.25, 0.3) is 0 Å². The van der Waals surface area contributed by atoms with Crippen molar-refractivity contribution in [3.05, 3.63) is 30.3 Å². The predicted molar refractivity (Wildman–Crippen MR) is 79.5 cm³/mol. The number of sulfone groups is 1. The second-order valence-electron chi connectivity index (χ2n) is 5.03. The Kier molecular flexibility index (Phi) is 4.95. The van der Waals surface area contributed by atoms with E-state index in [4.69, 9.17) is 0 Å². The fraction of sp³-hybridized carbons (Fsp3) is 0.429. The van der Waals surface area contributed by atoms with E-state index >= 15 is 0 Å². The Morgan fingerprint density at radius 1 is 1.05 bits per heavy atom. The van der Waals surface area contributed by atoms with Gasteiger partial charge in [-0.05, 0) is 25.0 Å². The van der Waals surface area contributed by atoms with Gasteiger partial charge in [0.25, 0.3) is 0 Å². The molecular weight excluding hydrogens is 292 g/mol. The van der Waals surface area contributed by atoms with E-state index in [-0.39, 0.29) is 0 Å². The van der Waals surface area contributed by atoms with E-state index < -0.39 is 33.2 Å². The molecule has 1 heterocycles. The average molecular weight is 310 g/mol. The number of benzene rings is 1. The molecule has 1 aliphatic rings. The van der Waals surface area contributed by atoms with Gasteiger partial charge in [0.05, 0.1) is 0 Å². The number of nitrogens with one attached hydrogen (secondary N) is 1. The number of para-hydroxylation sites is 1. The first-order chi connectivity index (χ1) is 9.96. The zero-order valence-corrected chi connectivity index (χ0v) is 12.4. The molecule has 7 heteroatoms. The Morgan fingerprint density at radius 3 is 2.29 bits per heavy atom. The lowest BCUT2D eigenvalue weighted by Crippen LogP contribution is -2.36. The maximum atomic E-state index is 11.9. The molecule has 1 aliphatic heterocycles. The van der Waals surface area contributed by atoms with Crippen LogP contribution < -0.4 is 5.32 Å². The number of rotatable bonds is 5. The first-order valence-corrected chi connectivity index (χ1v) is 8.61. The summed E-state index contributed by atoms with van der Waals surface area (Å²) in [6.45, 7) is 1.20. The summed E-state index contributed by atoms with van der Waals surface area (Å²) in [4.78, 5) is 25.1. The summed E-state index contributed by atoms with van der Waals surface area (Å²) in [5.74, 6) is -2.33. The maximum Gasteiger partial charge on any atom is 0.239 e. The summed E-state index contributed by atoms with van der Waals surface area (Å²) in [6, 6.07) is 8.60. The van der Waals surface area contributed by atoms with E-state index in [1.54, 1.807) is 30.3 Å². The Hall–Kier alpha value is -1.89. The van der Waals surface area contributed by atoms with Crippen molar-refractivity contribution in [2.45, 2.75) is 12.8 Å². The highest BCUT2D eigenvalue weighted by Gasteiger charge is 2.25. The van der Waals surface area contributed by atoms with Gasteiger partial charge in [-0.1, -0.05) is 18.2 Å². The first-order valence-electron chi connectivity index (χ1n) is 6.79. The molecule has 6 nitrogen and oxygen atoms in total. The van der Waals surface area contributed by atoms with E-state index in [1.807, 2.05) is 0 Å². The number of carbonyl (C=O) groups is 2. The number of carbonyl (C=O) groups excluding carboxylic acids is 2. The van der Waals surface area contributed by atoms with E-state index in [0.717, 1.165) is 12.8 Å². The fourth-order valence-electron chi connectivity index (χ4n) is 2.22. The van der Waals surface area contributed by atoms with Gasteiger partial charge in [0.15, 0.2) is 9.84 Å². The summed E-state index contributed by atoms with van der Waals surface area (Å²) in [7, 11) is -3.74. The van der Waals surface area contributed by atoms with Crippen LogP contribution in [0.5, 0.6) is 0 Å². The number of hydrogen-bond acceptors (Lipinski definition) is 4. The molecule has 1 N–H and O–H groups in total. The quantitative estimate of drug-likeness (QED) is 0.866. The first kappa shape index (κ1) is 15.5. The molecule has 0 radical (unpaired) electrons. The van der Waals surface area contributed by atoms with E-state index in [9.17, 15) is 18.0 Å². The average Bonchev–Trinajstić information content (AvgIpc) is 2.92. The molecule has 0 aliphatic carbocycles. The van der Waals surface area contributed by atoms with Crippen LogP contribution >= 0.6 is 0 Å². The van der Waals surface area contributed by atoms with E-state index in [0.29, 0.717) is 18.8 Å². The maximum absolute atomic E-state index is 11.9. The van der Waals surface area contributed by atoms with Gasteiger partial charge in [-0.25, -0.2) is 8.42 Å². The van der Waals surface area contributed by atoms with Crippen LogP contribution in [-0.4, -0.2) is 49.7 Å². The number of likely N-dealkylation sites (tertiary alicyclic amines) is 1. The molecule has 0 bridgehead atoms. The van der Waals surface area contributed by atoms with Crippen molar-refractivity contribution in [1.29, 1.82) is 0 Å². The molecule has 21 heavy (non-hydrogen) atoms. The van der Waals surface area contributed by atoms with E-state index in [1.165, 1.54) is 4.90 Å². The second kappa shape index (κ2) is 6.71. The predicted octanol–water partition coefficient (Wildman–Crippen LogP) is 0.662. The van der Waals surface area contributed by atoms with Gasteiger partial charge in [0.2, 0.25) is 11.8 Å². The summed E-state index contributed by atoms with van der Waals surface area (Å²) in [5.41, 5.74) is 0.531. The number of amides is 2. The van der Waals surface area contributed by atoms with Crippen molar-refractivity contribution in [2.75, 3.05) is 29.9 Å². The minimum atomic E-state index is -3.74. The van der Waals surface area contributed by atoms with Crippen molar-refractivity contribution in [2.24, 2.45) is 0 Å². The molecule has 0 unspecified atom stereocenters. The molecule has 1 saturated heterocycles. The highest BCUT2D eigenvalue weighted by Crippen LogP contribution is 2.09. The van der Waals surface area contributed by atoms with Crippen LogP contribution in [0.1, 0.15) is 12.8 Å². The topological polar surface area (TPSA) is 83.5 Å². The van der Waals surface area contributed by atoms with Crippen molar-refractivity contribution in [1.82, 2.24) is 4.90 Å². The van der Waals surface area contributed by atoms with Gasteiger partial charge >= 0.3 is 0 Å². The summed E-state index contributed by atoms with van der Waals surface area (Å²) in [6.07, 6.45) is 1.81. The van der Waals surface area contributed by atoms with Crippen LogP contribution in [0.4, 0.5) is 5.69 Å². The Labute approximate surface area is 124 Å². The van der Waals surface area contributed by atoms with Crippen LogP contribution in [0, 0.1) is 0 Å². The molecule has 1 fully saturated rings. The standard InChI is InChI=1S/C14H18N2O4S/c17-13(15-12-6-2-1-3-7-12)10-21(19,20)11-14(18)16-8-4-5-9-16/h1-3,6-7H,4-5,8-11H2,(H,15,17). The highest BCUT2D eigenvalue weighted by atomic mass is 32.2. The second-order valence-corrected chi connectivity index (χ2v) is 7.10. The van der Waals surface area contributed by atoms with Gasteiger partial charge in [-0.15, -0.1) is 0 Å². The molecule has 114 valence electrons. The molecule has 0 saturated carbocycles. The minimum absolute atomic E-state index is 0.417. The van der Waals surface area contributed by atoms with Crippen molar-refractivity contribution in [3.63, 3.8) is 0 Å². The molecular formula is C14H18N2O4S. The zero-order valence-electron chi connectivity index (χ0n) is 11.6. The molecule has 1 aromatic carbocycles. The Bertz CT molecular complexity index is 607. The molecule has 0 aromatic heterocycles. The lowest BCUT2D eigenvalue weighted by Gasteiger charge is -2.15. The highest BCUT2D eigenvalue weighted by molar-refractivity contribution is 7.92. The number of nitrogens with zero attached hydrogens (tertiary/aromatic N) is 1. The molecule has 0 spiro atoms. The monoisotopic (exact) mass is 310 g/mol. The third-order valence-corrected chi connectivity index (χ3v) is 4.60. The lowest BCUT2D eigenvalue weighted by molar-refractivity contribution is -0.127.